The summed E-state index contributed by atoms with van der Waals surface area (Å²) < 4.78 is 0. The molecule has 0 saturated carbocycles. The standard InChI is InChI=1S/C5H7N.C4H4N2/c2*1-2-4-6-5-3-1/h1-2,4H,3,5H2;1-4H. The van der Waals surface area contributed by atoms with Gasteiger partial charge in [-0.1, -0.05) is 6.08 Å². The molecule has 0 N–H and O–H groups in total. The van der Waals surface area contributed by atoms with Gasteiger partial charge in [0.2, 0.25) is 0 Å². The van der Waals surface area contributed by atoms with Crippen LogP contribution < -0.4 is 0 Å². The predicted octanol–water partition coefficient (Wildman–Crippen LogP) is 1.49. The molecule has 0 bridgehead atoms. The highest BCUT2D eigenvalue weighted by atomic mass is 15.1. The molecular weight excluding hydrogens is 150 g/mol. The number of aliphatic imine (C=N–C) groups is 1. The molecule has 2 rings (SSSR count). The molecule has 62 valence electrons. The number of hydrogen-bond acceptors (Lipinski definition) is 3. The zero-order valence-corrected chi connectivity index (χ0v) is 6.80. The van der Waals surface area contributed by atoms with Crippen LogP contribution in [0.5, 0.6) is 0 Å². The average molecular weight is 161 g/mol. The maximum atomic E-state index is 3.97. The van der Waals surface area contributed by atoms with E-state index in [1.165, 1.54) is 0 Å². The van der Waals surface area contributed by atoms with Gasteiger partial charge in [-0.3, -0.25) is 4.99 Å². The van der Waals surface area contributed by atoms with Crippen molar-refractivity contribution in [2.75, 3.05) is 6.54 Å². The third-order valence-corrected chi connectivity index (χ3v) is 1.24. The normalized spacial score (nSPS) is 13.3. The van der Waals surface area contributed by atoms with E-state index < -0.39 is 0 Å². The summed E-state index contributed by atoms with van der Waals surface area (Å²) in [6.07, 6.45) is 10.3. The molecule has 1 aliphatic rings. The predicted molar refractivity (Wildman–Crippen MR) is 49.1 cm³/mol. The molecule has 1 aromatic rings. The summed E-state index contributed by atoms with van der Waals surface area (Å²) in [6, 6.07) is 3.65. The van der Waals surface area contributed by atoms with Crippen molar-refractivity contribution in [2.45, 2.75) is 6.42 Å². The summed E-state index contributed by atoms with van der Waals surface area (Å²) in [5.74, 6) is 0. The van der Waals surface area contributed by atoms with Crippen molar-refractivity contribution in [3.8, 4) is 0 Å². The molecule has 0 fully saturated rings. The zero-order chi connectivity index (χ0) is 8.49. The Labute approximate surface area is 71.9 Å². The van der Waals surface area contributed by atoms with Crippen molar-refractivity contribution in [1.82, 2.24) is 10.2 Å². The van der Waals surface area contributed by atoms with Crippen LogP contribution >= 0.6 is 0 Å². The summed E-state index contributed by atoms with van der Waals surface area (Å²) in [6.45, 7) is 0.983. The lowest BCUT2D eigenvalue weighted by atomic mass is 10.3. The van der Waals surface area contributed by atoms with E-state index in [0.29, 0.717) is 0 Å². The molecule has 0 spiro atoms. The van der Waals surface area contributed by atoms with Crippen molar-refractivity contribution in [2.24, 2.45) is 4.99 Å². The number of dihydropyridines is 1. The third kappa shape index (κ3) is 4.33. The highest BCUT2D eigenvalue weighted by Gasteiger charge is 1.78. The minimum atomic E-state index is 0.983. The van der Waals surface area contributed by atoms with Gasteiger partial charge >= 0.3 is 0 Å². The molecule has 0 saturated heterocycles. The van der Waals surface area contributed by atoms with E-state index in [2.05, 4.69) is 21.3 Å². The second-order valence-electron chi connectivity index (χ2n) is 2.19. The first-order chi connectivity index (χ1) is 6.00. The molecular formula is C9H11N3. The molecule has 0 atom stereocenters. The lowest BCUT2D eigenvalue weighted by Crippen LogP contribution is -1.81. The Kier molecular flexibility index (Phi) is 4.45. The van der Waals surface area contributed by atoms with E-state index in [-0.39, 0.29) is 0 Å². The smallest absolute Gasteiger partial charge is 0.0496 e. The number of allylic oxidation sites excluding steroid dienone is 1. The first kappa shape index (κ1) is 8.59. The maximum Gasteiger partial charge on any atom is 0.0496 e. The Balaban J connectivity index is 0.000000120. The molecule has 0 amide bonds. The van der Waals surface area contributed by atoms with E-state index in [1.807, 2.05) is 24.4 Å². The van der Waals surface area contributed by atoms with Crippen LogP contribution in [0.4, 0.5) is 0 Å². The second kappa shape index (κ2) is 6.22. The highest BCUT2D eigenvalue weighted by molar-refractivity contribution is 5.71. The van der Waals surface area contributed by atoms with Crippen molar-refractivity contribution in [3.63, 3.8) is 0 Å². The third-order valence-electron chi connectivity index (χ3n) is 1.24. The lowest BCUT2D eigenvalue weighted by molar-refractivity contribution is 1.00. The van der Waals surface area contributed by atoms with Gasteiger partial charge in [-0.2, -0.15) is 10.2 Å². The SMILES string of the molecule is C1=CCCN=C1.c1ccnnc1. The van der Waals surface area contributed by atoms with Gasteiger partial charge in [0.05, 0.1) is 0 Å². The molecule has 3 heteroatoms. The topological polar surface area (TPSA) is 38.1 Å². The molecule has 12 heavy (non-hydrogen) atoms. The fraction of sp³-hybridized carbons (Fsp3) is 0.222. The molecule has 0 radical (unpaired) electrons. The Bertz CT molecular complexity index is 203. The van der Waals surface area contributed by atoms with Crippen LogP contribution in [0.15, 0.2) is 41.7 Å². The second-order valence-corrected chi connectivity index (χ2v) is 2.19. The summed E-state index contributed by atoms with van der Waals surface area (Å²) >= 11 is 0. The number of hydrogen-bond donors (Lipinski definition) is 0. The van der Waals surface area contributed by atoms with Gasteiger partial charge < -0.3 is 0 Å². The molecule has 1 aliphatic heterocycles. The first-order valence-corrected chi connectivity index (χ1v) is 3.87. The Morgan fingerprint density at radius 1 is 1.00 bits per heavy atom. The zero-order valence-electron chi connectivity index (χ0n) is 6.80. The van der Waals surface area contributed by atoms with Gasteiger partial charge in [0.1, 0.15) is 0 Å². The van der Waals surface area contributed by atoms with E-state index >= 15 is 0 Å². The minimum absolute atomic E-state index is 0.983. The molecule has 0 unspecified atom stereocenters. The van der Waals surface area contributed by atoms with Crippen molar-refractivity contribution >= 4 is 6.21 Å². The van der Waals surface area contributed by atoms with Crippen LogP contribution in [-0.4, -0.2) is 23.0 Å². The number of aromatic nitrogens is 2. The van der Waals surface area contributed by atoms with Gasteiger partial charge in [0, 0.05) is 25.2 Å². The van der Waals surface area contributed by atoms with Gasteiger partial charge in [-0.25, -0.2) is 0 Å². The van der Waals surface area contributed by atoms with E-state index in [1.54, 1.807) is 12.4 Å². The fourth-order valence-corrected chi connectivity index (χ4v) is 0.695. The largest absolute Gasteiger partial charge is 0.293 e. The molecule has 0 aliphatic carbocycles. The van der Waals surface area contributed by atoms with Gasteiger partial charge in [0.15, 0.2) is 0 Å². The first-order valence-electron chi connectivity index (χ1n) is 3.87. The van der Waals surface area contributed by atoms with Gasteiger partial charge in [-0.15, -0.1) is 0 Å². The van der Waals surface area contributed by atoms with E-state index in [0.717, 1.165) is 13.0 Å². The highest BCUT2D eigenvalue weighted by Crippen LogP contribution is 1.87. The van der Waals surface area contributed by atoms with Crippen LogP contribution in [0.3, 0.4) is 0 Å². The molecule has 1 aromatic heterocycles. The Hall–Kier alpha value is -1.51. The minimum Gasteiger partial charge on any atom is -0.293 e. The summed E-state index contributed by atoms with van der Waals surface area (Å²) in [5, 5.41) is 7.07. The van der Waals surface area contributed by atoms with E-state index in [9.17, 15) is 0 Å². The Morgan fingerprint density at radius 2 is 1.75 bits per heavy atom. The molecule has 3 nitrogen and oxygen atoms in total. The Morgan fingerprint density at radius 3 is 1.92 bits per heavy atom. The van der Waals surface area contributed by atoms with Crippen molar-refractivity contribution < 1.29 is 0 Å². The van der Waals surface area contributed by atoms with Crippen LogP contribution in [0.2, 0.25) is 0 Å². The monoisotopic (exact) mass is 161 g/mol. The fourth-order valence-electron chi connectivity index (χ4n) is 0.695. The van der Waals surface area contributed by atoms with Crippen LogP contribution in [-0.2, 0) is 0 Å². The summed E-state index contributed by atoms with van der Waals surface area (Å²) in [5.41, 5.74) is 0. The average Bonchev–Trinajstić information content (AvgIpc) is 2.24. The quantitative estimate of drug-likeness (QED) is 0.578. The lowest BCUT2D eigenvalue weighted by Gasteiger charge is -1.88. The summed E-state index contributed by atoms with van der Waals surface area (Å²) in [7, 11) is 0. The van der Waals surface area contributed by atoms with Crippen LogP contribution in [0.25, 0.3) is 0 Å². The van der Waals surface area contributed by atoms with Gasteiger partial charge in [0.25, 0.3) is 0 Å². The van der Waals surface area contributed by atoms with Crippen LogP contribution in [0, 0.1) is 0 Å². The summed E-state index contributed by atoms with van der Waals surface area (Å²) in [4.78, 5) is 3.97. The molecule has 0 aromatic carbocycles. The number of nitrogens with zero attached hydrogens (tertiary/aromatic N) is 3. The molecule has 2 heterocycles. The van der Waals surface area contributed by atoms with Crippen molar-refractivity contribution in [3.05, 3.63) is 36.7 Å². The number of rotatable bonds is 0. The maximum absolute atomic E-state index is 3.97. The van der Waals surface area contributed by atoms with Gasteiger partial charge in [-0.05, 0) is 24.6 Å². The van der Waals surface area contributed by atoms with Crippen molar-refractivity contribution in [1.29, 1.82) is 0 Å². The van der Waals surface area contributed by atoms with Crippen LogP contribution in [0.1, 0.15) is 6.42 Å². The van der Waals surface area contributed by atoms with E-state index in [4.69, 9.17) is 0 Å².